The molecule has 0 aromatic heterocycles. The normalized spacial score (nSPS) is 15.3. The Morgan fingerprint density at radius 2 is 2.29 bits per heavy atom. The Kier molecular flexibility index (Phi) is 3.71. The lowest BCUT2D eigenvalue weighted by Gasteiger charge is -1.96. The number of rotatable bonds is 2. The number of hydrogen-bond donors (Lipinski definition) is 1. The molecule has 0 aromatic rings. The minimum absolute atomic E-state index is 0.269. The average molecular weight is 99.2 g/mol. The van der Waals surface area contributed by atoms with Crippen LogP contribution in [-0.2, 0) is 0 Å². The summed E-state index contributed by atoms with van der Waals surface area (Å²) in [5, 5.41) is 0. The van der Waals surface area contributed by atoms with E-state index in [1.807, 2.05) is 19.1 Å². The second-order valence-corrected chi connectivity index (χ2v) is 1.60. The van der Waals surface area contributed by atoms with Gasteiger partial charge in [-0.05, 0) is 13.3 Å². The summed E-state index contributed by atoms with van der Waals surface area (Å²) in [6.45, 7) is 4.06. The largest absolute Gasteiger partial charge is 0.324 e. The van der Waals surface area contributed by atoms with Gasteiger partial charge in [0.15, 0.2) is 0 Å². The van der Waals surface area contributed by atoms with Crippen molar-refractivity contribution in [2.75, 3.05) is 0 Å². The monoisotopic (exact) mass is 99.1 g/mol. The van der Waals surface area contributed by atoms with Crippen LogP contribution >= 0.6 is 0 Å². The first-order chi connectivity index (χ1) is 3.31. The molecule has 1 heteroatoms. The lowest BCUT2D eigenvalue weighted by Crippen LogP contribution is -2.14. The van der Waals surface area contributed by atoms with Gasteiger partial charge in [-0.3, -0.25) is 0 Å². The van der Waals surface area contributed by atoms with Gasteiger partial charge in [-0.1, -0.05) is 19.1 Å². The van der Waals surface area contributed by atoms with Crippen LogP contribution in [0.15, 0.2) is 12.2 Å². The summed E-state index contributed by atoms with van der Waals surface area (Å²) in [6.07, 6.45) is 5.01. The van der Waals surface area contributed by atoms with Gasteiger partial charge in [0.25, 0.3) is 0 Å². The lowest BCUT2D eigenvalue weighted by atomic mass is 10.2. The molecule has 7 heavy (non-hydrogen) atoms. The summed E-state index contributed by atoms with van der Waals surface area (Å²) in [7, 11) is 0. The van der Waals surface area contributed by atoms with E-state index in [0.717, 1.165) is 6.42 Å². The fraction of sp³-hybridized carbons (Fsp3) is 0.667. The molecule has 0 heterocycles. The third-order valence-corrected chi connectivity index (χ3v) is 0.911. The summed E-state index contributed by atoms with van der Waals surface area (Å²) in [5.74, 6) is 0. The lowest BCUT2D eigenvalue weighted by molar-refractivity contribution is 0.781. The molecule has 0 bridgehead atoms. The zero-order valence-corrected chi connectivity index (χ0v) is 5.02. The third kappa shape index (κ3) is 3.53. The molecular weight excluding hydrogens is 86.1 g/mol. The van der Waals surface area contributed by atoms with Gasteiger partial charge in [0.05, 0.1) is 0 Å². The molecular formula is C6H13N. The van der Waals surface area contributed by atoms with Crippen molar-refractivity contribution in [3.8, 4) is 0 Å². The second kappa shape index (κ2) is 3.88. The van der Waals surface area contributed by atoms with Gasteiger partial charge < -0.3 is 5.73 Å². The van der Waals surface area contributed by atoms with E-state index in [1.165, 1.54) is 0 Å². The summed E-state index contributed by atoms with van der Waals surface area (Å²) in [6, 6.07) is 0.269. The fourth-order valence-corrected chi connectivity index (χ4v) is 0.383. The highest BCUT2D eigenvalue weighted by Gasteiger charge is 1.85. The third-order valence-electron chi connectivity index (χ3n) is 0.911. The molecule has 0 aliphatic rings. The van der Waals surface area contributed by atoms with Crippen molar-refractivity contribution in [1.29, 1.82) is 0 Å². The molecule has 0 aromatic carbocycles. The Morgan fingerprint density at radius 3 is 2.43 bits per heavy atom. The minimum Gasteiger partial charge on any atom is -0.324 e. The van der Waals surface area contributed by atoms with E-state index in [1.54, 1.807) is 0 Å². The van der Waals surface area contributed by atoms with E-state index in [-0.39, 0.29) is 6.04 Å². The molecule has 2 N–H and O–H groups in total. The molecule has 0 amide bonds. The van der Waals surface area contributed by atoms with Crippen molar-refractivity contribution in [1.82, 2.24) is 0 Å². The van der Waals surface area contributed by atoms with Crippen molar-refractivity contribution in [2.24, 2.45) is 5.73 Å². The summed E-state index contributed by atoms with van der Waals surface area (Å²) < 4.78 is 0. The minimum atomic E-state index is 0.269. The van der Waals surface area contributed by atoms with E-state index < -0.39 is 0 Å². The zero-order chi connectivity index (χ0) is 5.70. The van der Waals surface area contributed by atoms with Crippen molar-refractivity contribution >= 4 is 0 Å². The highest BCUT2D eigenvalue weighted by atomic mass is 14.6. The molecule has 0 aliphatic heterocycles. The van der Waals surface area contributed by atoms with E-state index in [0.29, 0.717) is 0 Å². The Morgan fingerprint density at radius 1 is 1.71 bits per heavy atom. The van der Waals surface area contributed by atoms with Crippen LogP contribution in [0.5, 0.6) is 0 Å². The number of allylic oxidation sites excluding steroid dienone is 1. The van der Waals surface area contributed by atoms with Gasteiger partial charge >= 0.3 is 0 Å². The van der Waals surface area contributed by atoms with E-state index in [4.69, 9.17) is 5.73 Å². The maximum absolute atomic E-state index is 5.50. The smallest absolute Gasteiger partial charge is 0.0220 e. The van der Waals surface area contributed by atoms with Crippen LogP contribution in [0, 0.1) is 0 Å². The Labute approximate surface area is 45.2 Å². The molecule has 1 atom stereocenters. The first-order valence-electron chi connectivity index (χ1n) is 2.69. The van der Waals surface area contributed by atoms with Crippen molar-refractivity contribution in [2.45, 2.75) is 26.3 Å². The van der Waals surface area contributed by atoms with E-state index in [2.05, 4.69) is 6.92 Å². The van der Waals surface area contributed by atoms with Gasteiger partial charge in [-0.15, -0.1) is 0 Å². The standard InChI is InChI=1S/C6H13N/c1-3-5-6(7)4-2/h3,5-6H,4,7H2,1-2H3/b5-3+/t6-/m0/s1. The predicted octanol–water partition coefficient (Wildman–Crippen LogP) is 1.30. The maximum atomic E-state index is 5.50. The highest BCUT2D eigenvalue weighted by Crippen LogP contribution is 1.85. The van der Waals surface area contributed by atoms with Gasteiger partial charge in [-0.25, -0.2) is 0 Å². The molecule has 0 saturated heterocycles. The molecule has 0 fully saturated rings. The maximum Gasteiger partial charge on any atom is 0.0220 e. The molecule has 0 aliphatic carbocycles. The Balaban J connectivity index is 3.16. The van der Waals surface area contributed by atoms with Gasteiger partial charge in [-0.2, -0.15) is 0 Å². The molecule has 0 saturated carbocycles. The van der Waals surface area contributed by atoms with Crippen molar-refractivity contribution in [3.63, 3.8) is 0 Å². The van der Waals surface area contributed by atoms with Gasteiger partial charge in [0, 0.05) is 6.04 Å². The molecule has 0 unspecified atom stereocenters. The average Bonchev–Trinajstić information content (AvgIpc) is 1.68. The van der Waals surface area contributed by atoms with Crippen LogP contribution in [0.2, 0.25) is 0 Å². The zero-order valence-electron chi connectivity index (χ0n) is 5.02. The van der Waals surface area contributed by atoms with Gasteiger partial charge in [0.2, 0.25) is 0 Å². The van der Waals surface area contributed by atoms with Crippen LogP contribution in [0.25, 0.3) is 0 Å². The number of nitrogens with two attached hydrogens (primary N) is 1. The Hall–Kier alpha value is -0.300. The molecule has 0 spiro atoms. The second-order valence-electron chi connectivity index (χ2n) is 1.60. The van der Waals surface area contributed by atoms with Crippen LogP contribution in [0.3, 0.4) is 0 Å². The molecule has 1 nitrogen and oxygen atoms in total. The molecule has 0 rings (SSSR count). The van der Waals surface area contributed by atoms with Gasteiger partial charge in [0.1, 0.15) is 0 Å². The summed E-state index contributed by atoms with van der Waals surface area (Å²) >= 11 is 0. The topological polar surface area (TPSA) is 26.0 Å². The first kappa shape index (κ1) is 6.70. The summed E-state index contributed by atoms with van der Waals surface area (Å²) in [4.78, 5) is 0. The van der Waals surface area contributed by atoms with Crippen LogP contribution in [-0.4, -0.2) is 6.04 Å². The first-order valence-corrected chi connectivity index (χ1v) is 2.69. The van der Waals surface area contributed by atoms with Crippen LogP contribution in [0.1, 0.15) is 20.3 Å². The molecule has 42 valence electrons. The van der Waals surface area contributed by atoms with Crippen LogP contribution in [0.4, 0.5) is 0 Å². The van der Waals surface area contributed by atoms with Crippen LogP contribution < -0.4 is 5.73 Å². The summed E-state index contributed by atoms with van der Waals surface area (Å²) in [5.41, 5.74) is 5.50. The van der Waals surface area contributed by atoms with E-state index >= 15 is 0 Å². The van der Waals surface area contributed by atoms with E-state index in [9.17, 15) is 0 Å². The molecule has 0 radical (unpaired) electrons. The predicted molar refractivity (Wildman–Crippen MR) is 33.1 cm³/mol. The van der Waals surface area contributed by atoms with Crippen molar-refractivity contribution in [3.05, 3.63) is 12.2 Å². The Bertz CT molecular complexity index is 57.2. The van der Waals surface area contributed by atoms with Crippen molar-refractivity contribution < 1.29 is 0 Å². The quantitative estimate of drug-likeness (QED) is 0.519. The fourth-order valence-electron chi connectivity index (χ4n) is 0.383. The highest BCUT2D eigenvalue weighted by molar-refractivity contribution is 4.87. The number of hydrogen-bond acceptors (Lipinski definition) is 1. The SMILES string of the molecule is C/C=C/[C@@H](N)CC.